The van der Waals surface area contributed by atoms with E-state index in [2.05, 4.69) is 30.4 Å². The van der Waals surface area contributed by atoms with Crippen molar-refractivity contribution >= 4 is 0 Å². The predicted molar refractivity (Wildman–Crippen MR) is 67.0 cm³/mol. The molecule has 0 aromatic heterocycles. The fourth-order valence-corrected chi connectivity index (χ4v) is 2.55. The van der Waals surface area contributed by atoms with Crippen molar-refractivity contribution in [2.75, 3.05) is 20.2 Å². The quantitative estimate of drug-likeness (QED) is 0.822. The highest BCUT2D eigenvalue weighted by molar-refractivity contribution is 5.44. The highest BCUT2D eigenvalue weighted by atomic mass is 16.5. The van der Waals surface area contributed by atoms with E-state index in [4.69, 9.17) is 4.74 Å². The van der Waals surface area contributed by atoms with E-state index in [1.54, 1.807) is 0 Å². The summed E-state index contributed by atoms with van der Waals surface area (Å²) >= 11 is 0. The van der Waals surface area contributed by atoms with Crippen molar-refractivity contribution in [1.82, 2.24) is 5.32 Å². The fourth-order valence-electron chi connectivity index (χ4n) is 2.55. The first-order chi connectivity index (χ1) is 7.72. The lowest BCUT2D eigenvalue weighted by Gasteiger charge is -2.16. The summed E-state index contributed by atoms with van der Waals surface area (Å²) in [4.78, 5) is 0. The topological polar surface area (TPSA) is 21.3 Å². The predicted octanol–water partition coefficient (Wildman–Crippen LogP) is 2.58. The average Bonchev–Trinajstić information content (AvgIpc) is 2.92. The Labute approximate surface area is 98.0 Å². The summed E-state index contributed by atoms with van der Waals surface area (Å²) in [5, 5.41) is 3.27. The monoisotopic (exact) mass is 219 g/mol. The van der Waals surface area contributed by atoms with Gasteiger partial charge in [-0.25, -0.2) is 0 Å². The number of ether oxygens (including phenoxy) is 1. The minimum Gasteiger partial charge on any atom is -0.494 e. The Morgan fingerprint density at radius 1 is 1.44 bits per heavy atom. The van der Waals surface area contributed by atoms with Crippen molar-refractivity contribution < 1.29 is 4.74 Å². The van der Waals surface area contributed by atoms with Crippen LogP contribution in [0, 0.1) is 5.92 Å². The van der Waals surface area contributed by atoms with Crippen LogP contribution < -0.4 is 10.1 Å². The zero-order valence-corrected chi connectivity index (χ0v) is 10.4. The molecule has 0 heterocycles. The Morgan fingerprint density at radius 3 is 2.88 bits per heavy atom. The van der Waals surface area contributed by atoms with E-state index in [1.807, 2.05) is 20.0 Å². The molecular formula is C14H21NO. The maximum atomic E-state index is 5.71. The molecule has 1 aromatic rings. The van der Waals surface area contributed by atoms with Gasteiger partial charge in [0.05, 0.1) is 6.61 Å². The van der Waals surface area contributed by atoms with Gasteiger partial charge in [0.25, 0.3) is 0 Å². The molecule has 2 heteroatoms. The van der Waals surface area contributed by atoms with Gasteiger partial charge in [-0.3, -0.25) is 0 Å². The fraction of sp³-hybridized carbons (Fsp3) is 0.571. The second-order valence-corrected chi connectivity index (χ2v) is 4.81. The summed E-state index contributed by atoms with van der Waals surface area (Å²) in [6.45, 7) is 6.21. The van der Waals surface area contributed by atoms with Crippen LogP contribution in [0.25, 0.3) is 0 Å². The van der Waals surface area contributed by atoms with Gasteiger partial charge in [0.2, 0.25) is 0 Å². The van der Waals surface area contributed by atoms with Crippen LogP contribution in [-0.2, 0) is 5.41 Å². The Hall–Kier alpha value is -1.02. The molecular weight excluding hydrogens is 198 g/mol. The molecule has 88 valence electrons. The number of hydrogen-bond donors (Lipinski definition) is 1. The number of para-hydroxylation sites is 1. The van der Waals surface area contributed by atoms with Gasteiger partial charge in [-0.2, -0.15) is 0 Å². The smallest absolute Gasteiger partial charge is 0.123 e. The Kier molecular flexibility index (Phi) is 3.20. The van der Waals surface area contributed by atoms with E-state index in [0.717, 1.165) is 24.8 Å². The zero-order chi connectivity index (χ0) is 11.6. The summed E-state index contributed by atoms with van der Waals surface area (Å²) in [6, 6.07) is 8.45. The minimum absolute atomic E-state index is 0.314. The van der Waals surface area contributed by atoms with E-state index in [0.29, 0.717) is 5.41 Å². The molecule has 16 heavy (non-hydrogen) atoms. The van der Waals surface area contributed by atoms with E-state index in [-0.39, 0.29) is 0 Å². The molecule has 2 unspecified atom stereocenters. The Balaban J connectivity index is 2.21. The van der Waals surface area contributed by atoms with Gasteiger partial charge >= 0.3 is 0 Å². The lowest BCUT2D eigenvalue weighted by atomic mass is 9.94. The lowest BCUT2D eigenvalue weighted by molar-refractivity contribution is 0.333. The molecule has 0 amide bonds. The summed E-state index contributed by atoms with van der Waals surface area (Å²) < 4.78 is 5.71. The van der Waals surface area contributed by atoms with Crippen molar-refractivity contribution in [3.8, 4) is 5.75 Å². The van der Waals surface area contributed by atoms with Gasteiger partial charge in [-0.1, -0.05) is 25.1 Å². The molecule has 2 nitrogen and oxygen atoms in total. The van der Waals surface area contributed by atoms with E-state index in [1.165, 1.54) is 12.0 Å². The van der Waals surface area contributed by atoms with Crippen LogP contribution >= 0.6 is 0 Å². The van der Waals surface area contributed by atoms with Crippen molar-refractivity contribution in [2.24, 2.45) is 5.92 Å². The van der Waals surface area contributed by atoms with Gasteiger partial charge in [0, 0.05) is 11.0 Å². The third kappa shape index (κ3) is 1.94. The zero-order valence-electron chi connectivity index (χ0n) is 10.4. The molecule has 1 N–H and O–H groups in total. The molecule has 2 rings (SSSR count). The molecule has 2 atom stereocenters. The number of nitrogens with one attached hydrogen (secondary N) is 1. The maximum Gasteiger partial charge on any atom is 0.123 e. The maximum absolute atomic E-state index is 5.71. The summed E-state index contributed by atoms with van der Waals surface area (Å²) in [5.74, 6) is 1.81. The van der Waals surface area contributed by atoms with Crippen LogP contribution in [0.1, 0.15) is 25.8 Å². The van der Waals surface area contributed by atoms with Gasteiger partial charge in [0.1, 0.15) is 5.75 Å². The molecule has 0 saturated heterocycles. The average molecular weight is 219 g/mol. The van der Waals surface area contributed by atoms with E-state index >= 15 is 0 Å². The van der Waals surface area contributed by atoms with Gasteiger partial charge in [0.15, 0.2) is 0 Å². The summed E-state index contributed by atoms with van der Waals surface area (Å²) in [5.41, 5.74) is 1.69. The molecule has 1 aromatic carbocycles. The first-order valence-electron chi connectivity index (χ1n) is 6.09. The molecule has 0 radical (unpaired) electrons. The van der Waals surface area contributed by atoms with Gasteiger partial charge in [-0.15, -0.1) is 0 Å². The second kappa shape index (κ2) is 4.46. The Bertz CT molecular complexity index is 364. The highest BCUT2D eigenvalue weighted by Gasteiger charge is 2.51. The Morgan fingerprint density at radius 2 is 2.19 bits per heavy atom. The first kappa shape index (κ1) is 11.5. The van der Waals surface area contributed by atoms with Crippen molar-refractivity contribution in [2.45, 2.75) is 25.7 Å². The lowest BCUT2D eigenvalue weighted by Crippen LogP contribution is -2.16. The van der Waals surface area contributed by atoms with Crippen LogP contribution in [0.3, 0.4) is 0 Å². The number of benzene rings is 1. The van der Waals surface area contributed by atoms with Gasteiger partial charge in [-0.05, 0) is 38.9 Å². The second-order valence-electron chi connectivity index (χ2n) is 4.81. The molecule has 1 saturated carbocycles. The van der Waals surface area contributed by atoms with E-state index < -0.39 is 0 Å². The minimum atomic E-state index is 0.314. The first-order valence-corrected chi connectivity index (χ1v) is 6.09. The molecule has 0 aliphatic heterocycles. The van der Waals surface area contributed by atoms with Crippen molar-refractivity contribution in [3.05, 3.63) is 29.8 Å². The third-order valence-electron chi connectivity index (χ3n) is 3.66. The van der Waals surface area contributed by atoms with Crippen LogP contribution in [0.2, 0.25) is 0 Å². The standard InChI is InChI=1S/C14H21NO/c1-4-16-13-8-6-5-7-12(13)14(2)9-11(14)10-15-3/h5-8,11,15H,4,9-10H2,1-3H3. The largest absolute Gasteiger partial charge is 0.494 e. The highest BCUT2D eigenvalue weighted by Crippen LogP contribution is 2.55. The van der Waals surface area contributed by atoms with E-state index in [9.17, 15) is 0 Å². The van der Waals surface area contributed by atoms with Crippen LogP contribution in [0.5, 0.6) is 5.75 Å². The normalized spacial score (nSPS) is 27.8. The summed E-state index contributed by atoms with van der Waals surface area (Å²) in [6.07, 6.45) is 1.26. The SMILES string of the molecule is CCOc1ccccc1C1(C)CC1CNC. The van der Waals surface area contributed by atoms with Crippen LogP contribution in [-0.4, -0.2) is 20.2 Å². The van der Waals surface area contributed by atoms with Crippen LogP contribution in [0.15, 0.2) is 24.3 Å². The summed E-state index contributed by atoms with van der Waals surface area (Å²) in [7, 11) is 2.02. The van der Waals surface area contributed by atoms with Crippen molar-refractivity contribution in [3.63, 3.8) is 0 Å². The molecule has 1 aliphatic rings. The molecule has 0 spiro atoms. The third-order valence-corrected chi connectivity index (χ3v) is 3.66. The van der Waals surface area contributed by atoms with Gasteiger partial charge < -0.3 is 10.1 Å². The molecule has 0 bridgehead atoms. The number of rotatable bonds is 5. The van der Waals surface area contributed by atoms with Crippen molar-refractivity contribution in [1.29, 1.82) is 0 Å². The van der Waals surface area contributed by atoms with Crippen LogP contribution in [0.4, 0.5) is 0 Å². The molecule has 1 fully saturated rings. The molecule has 1 aliphatic carbocycles. The number of hydrogen-bond acceptors (Lipinski definition) is 2.